The van der Waals surface area contributed by atoms with Crippen molar-refractivity contribution in [2.24, 2.45) is 0 Å². The zero-order valence-electron chi connectivity index (χ0n) is 18.5. The molecule has 36 heavy (non-hydrogen) atoms. The normalized spacial score (nSPS) is 10.7. The van der Waals surface area contributed by atoms with Crippen molar-refractivity contribution in [3.8, 4) is 22.8 Å². The Balaban J connectivity index is 0.000000454. The maximum atomic E-state index is 10.6. The lowest BCUT2D eigenvalue weighted by Gasteiger charge is -2.11. The number of aliphatic carboxylic acids is 1. The number of rotatable bonds is 6. The number of nitrogens with two attached hydrogens (primary N) is 1. The Kier molecular flexibility index (Phi) is 8.36. The molecule has 2 heterocycles. The van der Waals surface area contributed by atoms with Crippen LogP contribution in [0.2, 0.25) is 0 Å². The van der Waals surface area contributed by atoms with Gasteiger partial charge in [-0.2, -0.15) is 18.2 Å². The van der Waals surface area contributed by atoms with Crippen LogP contribution in [0.3, 0.4) is 0 Å². The van der Waals surface area contributed by atoms with Crippen molar-refractivity contribution in [1.29, 1.82) is 0 Å². The molecule has 0 bridgehead atoms. The van der Waals surface area contributed by atoms with Gasteiger partial charge in [0.15, 0.2) is 0 Å². The van der Waals surface area contributed by atoms with Gasteiger partial charge < -0.3 is 26.0 Å². The fraction of sp³-hybridized carbons (Fsp3) is 0.0833. The highest BCUT2D eigenvalue weighted by Crippen LogP contribution is 2.27. The molecule has 0 fully saturated rings. The van der Waals surface area contributed by atoms with Gasteiger partial charge in [0.25, 0.3) is 0 Å². The predicted octanol–water partition coefficient (Wildman–Crippen LogP) is 4.78. The number of nitrogens with one attached hydrogen (secondary N) is 1. The van der Waals surface area contributed by atoms with E-state index in [1.54, 1.807) is 18.3 Å². The minimum absolute atomic E-state index is 0.141. The van der Waals surface area contributed by atoms with E-state index < -0.39 is 12.1 Å². The van der Waals surface area contributed by atoms with Gasteiger partial charge in [0.1, 0.15) is 17.3 Å². The lowest BCUT2D eigenvalue weighted by atomic mass is 10.1. The molecule has 0 unspecified atom stereocenters. The quantitative estimate of drug-likeness (QED) is 0.295. The number of aliphatic hydroxyl groups excluding tert-OH is 1. The Morgan fingerprint density at radius 2 is 1.67 bits per heavy atom. The molecule has 0 aliphatic heterocycles. The second kappa shape index (κ2) is 11.6. The Labute approximate surface area is 203 Å². The molecular formula is C24H20F3N5O4. The first-order valence-corrected chi connectivity index (χ1v) is 10.2. The highest BCUT2D eigenvalue weighted by atomic mass is 19.4. The average molecular weight is 499 g/mol. The summed E-state index contributed by atoms with van der Waals surface area (Å²) in [6.45, 7) is -0.141. The molecule has 0 aliphatic carbocycles. The number of ether oxygens (including phenoxy) is 1. The topological polar surface area (TPSA) is 143 Å². The molecule has 0 amide bonds. The van der Waals surface area contributed by atoms with Crippen LogP contribution in [0.15, 0.2) is 79.0 Å². The van der Waals surface area contributed by atoms with E-state index in [1.165, 1.54) is 0 Å². The maximum Gasteiger partial charge on any atom is 0.490 e. The SMILES string of the molecule is Nc1nc(Nc2cccc(Oc3ccnc(CO)c3)c2)cc(-c2ccccc2)n1.O=C(O)C(F)(F)F. The summed E-state index contributed by atoms with van der Waals surface area (Å²) in [6.07, 6.45) is -3.49. The first-order chi connectivity index (χ1) is 17.1. The largest absolute Gasteiger partial charge is 0.490 e. The van der Waals surface area contributed by atoms with E-state index in [0.29, 0.717) is 23.0 Å². The zero-order chi connectivity index (χ0) is 26.1. The molecule has 0 radical (unpaired) electrons. The number of carboxylic acid groups (broad SMARTS) is 1. The third-order valence-corrected chi connectivity index (χ3v) is 4.35. The highest BCUT2D eigenvalue weighted by molar-refractivity contribution is 5.73. The van der Waals surface area contributed by atoms with Crippen molar-refractivity contribution in [1.82, 2.24) is 15.0 Å². The van der Waals surface area contributed by atoms with Crippen LogP contribution in [0.1, 0.15) is 5.69 Å². The summed E-state index contributed by atoms with van der Waals surface area (Å²) in [5.41, 5.74) is 8.92. The van der Waals surface area contributed by atoms with Crippen LogP contribution in [0, 0.1) is 0 Å². The van der Waals surface area contributed by atoms with Crippen LogP contribution in [0.5, 0.6) is 11.5 Å². The second-order valence-electron chi connectivity index (χ2n) is 7.06. The van der Waals surface area contributed by atoms with Gasteiger partial charge in [0, 0.05) is 35.6 Å². The molecule has 4 aromatic rings. The molecule has 186 valence electrons. The first-order valence-electron chi connectivity index (χ1n) is 10.2. The number of nitrogen functional groups attached to an aromatic ring is 1. The fourth-order valence-electron chi connectivity index (χ4n) is 2.81. The summed E-state index contributed by atoms with van der Waals surface area (Å²) in [4.78, 5) is 21.5. The third kappa shape index (κ3) is 7.67. The van der Waals surface area contributed by atoms with Gasteiger partial charge in [0.2, 0.25) is 5.95 Å². The molecule has 4 rings (SSSR count). The van der Waals surface area contributed by atoms with Gasteiger partial charge >= 0.3 is 12.1 Å². The average Bonchev–Trinajstić information content (AvgIpc) is 2.84. The number of hydrogen-bond donors (Lipinski definition) is 4. The van der Waals surface area contributed by atoms with Gasteiger partial charge in [0.05, 0.1) is 18.0 Å². The highest BCUT2D eigenvalue weighted by Gasteiger charge is 2.38. The van der Waals surface area contributed by atoms with Crippen LogP contribution in [-0.4, -0.2) is 37.3 Å². The summed E-state index contributed by atoms with van der Waals surface area (Å²) in [5.74, 6) is -0.753. The Hall–Kier alpha value is -4.71. The number of halogens is 3. The third-order valence-electron chi connectivity index (χ3n) is 4.35. The molecule has 2 aromatic heterocycles. The summed E-state index contributed by atoms with van der Waals surface area (Å²) < 4.78 is 37.6. The predicted molar refractivity (Wildman–Crippen MR) is 126 cm³/mol. The van der Waals surface area contributed by atoms with E-state index in [4.69, 9.17) is 20.4 Å². The van der Waals surface area contributed by atoms with Gasteiger partial charge in [-0.15, -0.1) is 0 Å². The van der Waals surface area contributed by atoms with Crippen molar-refractivity contribution in [2.45, 2.75) is 12.8 Å². The van der Waals surface area contributed by atoms with Crippen LogP contribution >= 0.6 is 0 Å². The van der Waals surface area contributed by atoms with Crippen molar-refractivity contribution >= 4 is 23.4 Å². The van der Waals surface area contributed by atoms with Gasteiger partial charge in [-0.25, -0.2) is 9.78 Å². The van der Waals surface area contributed by atoms with Crippen LogP contribution in [-0.2, 0) is 11.4 Å². The minimum atomic E-state index is -5.08. The molecule has 12 heteroatoms. The molecule has 5 N–H and O–H groups in total. The van der Waals surface area contributed by atoms with Crippen molar-refractivity contribution in [3.05, 3.63) is 84.7 Å². The number of aromatic nitrogens is 3. The molecule has 0 atom stereocenters. The summed E-state index contributed by atoms with van der Waals surface area (Å²) in [5, 5.41) is 19.6. The number of hydrogen-bond acceptors (Lipinski definition) is 8. The maximum absolute atomic E-state index is 10.6. The van der Waals surface area contributed by atoms with Gasteiger partial charge in [-0.05, 0) is 18.2 Å². The number of nitrogens with zero attached hydrogens (tertiary/aromatic N) is 3. The summed E-state index contributed by atoms with van der Waals surface area (Å²) >= 11 is 0. The second-order valence-corrected chi connectivity index (χ2v) is 7.06. The van der Waals surface area contributed by atoms with Crippen molar-refractivity contribution < 1.29 is 32.9 Å². The van der Waals surface area contributed by atoms with Gasteiger partial charge in [-0.1, -0.05) is 36.4 Å². The zero-order valence-corrected chi connectivity index (χ0v) is 18.5. The molecular weight excluding hydrogens is 479 g/mol. The monoisotopic (exact) mass is 499 g/mol. The Morgan fingerprint density at radius 3 is 2.33 bits per heavy atom. The van der Waals surface area contributed by atoms with Crippen LogP contribution < -0.4 is 15.8 Å². The van der Waals surface area contributed by atoms with Crippen molar-refractivity contribution in [3.63, 3.8) is 0 Å². The first kappa shape index (κ1) is 25.9. The van der Waals surface area contributed by atoms with Crippen molar-refractivity contribution in [2.75, 3.05) is 11.1 Å². The molecule has 0 saturated heterocycles. The molecule has 0 saturated carbocycles. The Morgan fingerprint density at radius 1 is 0.972 bits per heavy atom. The lowest BCUT2D eigenvalue weighted by molar-refractivity contribution is -0.192. The molecule has 2 aromatic carbocycles. The smallest absolute Gasteiger partial charge is 0.475 e. The van der Waals surface area contributed by atoms with E-state index >= 15 is 0 Å². The van der Waals surface area contributed by atoms with E-state index in [9.17, 15) is 18.3 Å². The van der Waals surface area contributed by atoms with Crippen LogP contribution in [0.4, 0.5) is 30.6 Å². The number of carboxylic acids is 1. The summed E-state index contributed by atoms with van der Waals surface area (Å²) in [6, 6.07) is 22.5. The number of anilines is 3. The number of carbonyl (C=O) groups is 1. The minimum Gasteiger partial charge on any atom is -0.475 e. The van der Waals surface area contributed by atoms with E-state index in [0.717, 1.165) is 16.9 Å². The van der Waals surface area contributed by atoms with Gasteiger partial charge in [-0.3, -0.25) is 4.98 Å². The fourth-order valence-corrected chi connectivity index (χ4v) is 2.81. The summed E-state index contributed by atoms with van der Waals surface area (Å²) in [7, 11) is 0. The number of aliphatic hydroxyl groups is 1. The van der Waals surface area contributed by atoms with E-state index in [-0.39, 0.29) is 12.6 Å². The lowest BCUT2D eigenvalue weighted by Crippen LogP contribution is -2.21. The standard InChI is InChI=1S/C22H19N5O2.C2HF3O2/c23-22-26-20(15-5-2-1-3-6-15)13-21(27-22)25-16-7-4-8-18(11-16)29-19-9-10-24-17(12-19)14-28;3-2(4,5)1(6)7/h1-13,28H,14H2,(H3,23,25,26,27);(H,6,7). The Bertz CT molecular complexity index is 1320. The van der Waals surface area contributed by atoms with E-state index in [2.05, 4.69) is 20.3 Å². The van der Waals surface area contributed by atoms with E-state index in [1.807, 2.05) is 60.7 Å². The number of pyridine rings is 1. The molecule has 0 aliphatic rings. The molecule has 9 nitrogen and oxygen atoms in total. The molecule has 0 spiro atoms. The number of alkyl halides is 3. The van der Waals surface area contributed by atoms with Crippen LogP contribution in [0.25, 0.3) is 11.3 Å². The number of benzene rings is 2.